The van der Waals surface area contributed by atoms with Crippen LogP contribution in [0.5, 0.6) is 0 Å². The zero-order valence-corrected chi connectivity index (χ0v) is 23.0. The normalized spacial score (nSPS) is 14.9. The molecule has 0 unspecified atom stereocenters. The Morgan fingerprint density at radius 2 is 1.78 bits per heavy atom. The van der Waals surface area contributed by atoms with Crippen LogP contribution in [0.25, 0.3) is 0 Å². The van der Waals surface area contributed by atoms with Crippen molar-refractivity contribution in [2.24, 2.45) is 0 Å². The van der Waals surface area contributed by atoms with Gasteiger partial charge in [-0.3, -0.25) is 13.9 Å². The SMILES string of the molecule is CC[C@H](C(=O)NC1CCCC1)N(Cc1ccccc1Cl)C(=O)CN(c1cc(C)ccc1C)S(C)(=O)=O. The largest absolute Gasteiger partial charge is 0.352 e. The molecule has 3 rings (SSSR count). The van der Waals surface area contributed by atoms with Crippen LogP contribution in [0.15, 0.2) is 42.5 Å². The second-order valence-corrected chi connectivity index (χ2v) is 11.9. The molecular weight excluding hydrogens is 498 g/mol. The van der Waals surface area contributed by atoms with Crippen molar-refractivity contribution in [3.8, 4) is 0 Å². The summed E-state index contributed by atoms with van der Waals surface area (Å²) >= 11 is 6.41. The highest BCUT2D eigenvalue weighted by molar-refractivity contribution is 7.92. The molecule has 1 fully saturated rings. The van der Waals surface area contributed by atoms with E-state index in [-0.39, 0.29) is 18.5 Å². The Balaban J connectivity index is 1.96. The maximum atomic E-state index is 13.8. The lowest BCUT2D eigenvalue weighted by molar-refractivity contribution is -0.140. The van der Waals surface area contributed by atoms with E-state index in [1.807, 2.05) is 45.0 Å². The molecule has 0 radical (unpaired) electrons. The molecule has 0 aromatic heterocycles. The predicted molar refractivity (Wildman–Crippen MR) is 145 cm³/mol. The number of benzene rings is 2. The number of hydrogen-bond donors (Lipinski definition) is 1. The third kappa shape index (κ3) is 7.01. The van der Waals surface area contributed by atoms with Gasteiger partial charge >= 0.3 is 0 Å². The second kappa shape index (κ2) is 12.1. The van der Waals surface area contributed by atoms with E-state index in [0.29, 0.717) is 22.7 Å². The van der Waals surface area contributed by atoms with E-state index in [2.05, 4.69) is 5.32 Å². The number of carbonyl (C=O) groups excluding carboxylic acids is 2. The third-order valence-electron chi connectivity index (χ3n) is 6.70. The van der Waals surface area contributed by atoms with Crippen molar-refractivity contribution in [2.75, 3.05) is 17.1 Å². The molecule has 2 aromatic carbocycles. The average molecular weight is 534 g/mol. The van der Waals surface area contributed by atoms with Crippen molar-refractivity contribution in [2.45, 2.75) is 71.5 Å². The van der Waals surface area contributed by atoms with Gasteiger partial charge in [-0.05, 0) is 61.9 Å². The first-order chi connectivity index (χ1) is 17.0. The fraction of sp³-hybridized carbons (Fsp3) is 0.481. The second-order valence-electron chi connectivity index (χ2n) is 9.59. The molecule has 1 saturated carbocycles. The van der Waals surface area contributed by atoms with Crippen LogP contribution in [-0.4, -0.2) is 50.0 Å². The molecular formula is C27H36ClN3O4S. The summed E-state index contributed by atoms with van der Waals surface area (Å²) in [5.74, 6) is -0.683. The number of rotatable bonds is 10. The average Bonchev–Trinajstić information content (AvgIpc) is 3.32. The minimum absolute atomic E-state index is 0.0967. The summed E-state index contributed by atoms with van der Waals surface area (Å²) in [4.78, 5) is 28.6. The first-order valence-electron chi connectivity index (χ1n) is 12.4. The molecule has 196 valence electrons. The van der Waals surface area contributed by atoms with Crippen molar-refractivity contribution >= 4 is 39.1 Å². The molecule has 36 heavy (non-hydrogen) atoms. The number of nitrogens with one attached hydrogen (secondary N) is 1. The number of halogens is 1. The number of hydrogen-bond acceptors (Lipinski definition) is 4. The lowest BCUT2D eigenvalue weighted by Gasteiger charge is -2.34. The van der Waals surface area contributed by atoms with Gasteiger partial charge in [-0.2, -0.15) is 0 Å². The fourth-order valence-corrected chi connectivity index (χ4v) is 5.77. The van der Waals surface area contributed by atoms with E-state index in [4.69, 9.17) is 11.6 Å². The van der Waals surface area contributed by atoms with Gasteiger partial charge in [0, 0.05) is 17.6 Å². The zero-order chi connectivity index (χ0) is 26.5. The van der Waals surface area contributed by atoms with Crippen molar-refractivity contribution < 1.29 is 18.0 Å². The lowest BCUT2D eigenvalue weighted by atomic mass is 10.1. The number of anilines is 1. The molecule has 2 amide bonds. The standard InChI is InChI=1S/C27H36ClN3O4S/c1-5-24(27(33)29-22-11-7-8-12-22)30(17-21-10-6-9-13-23(21)28)26(32)18-31(36(4,34)35)25-16-19(2)14-15-20(25)3/h6,9-10,13-16,22,24H,5,7-8,11-12,17-18H2,1-4H3,(H,29,33)/t24-/m1/s1. The molecule has 0 saturated heterocycles. The van der Waals surface area contributed by atoms with Gasteiger partial charge < -0.3 is 10.2 Å². The van der Waals surface area contributed by atoms with Gasteiger partial charge in [0.05, 0.1) is 11.9 Å². The molecule has 1 aliphatic carbocycles. The fourth-order valence-electron chi connectivity index (χ4n) is 4.68. The summed E-state index contributed by atoms with van der Waals surface area (Å²) in [6.45, 7) is 5.21. The molecule has 2 aromatic rings. The van der Waals surface area contributed by atoms with Gasteiger partial charge in [-0.25, -0.2) is 8.42 Å². The number of aryl methyl sites for hydroxylation is 2. The summed E-state index contributed by atoms with van der Waals surface area (Å²) in [7, 11) is -3.78. The summed E-state index contributed by atoms with van der Waals surface area (Å²) in [6.07, 6.45) is 5.47. The quantitative estimate of drug-likeness (QED) is 0.484. The predicted octanol–water partition coefficient (Wildman–Crippen LogP) is 4.59. The summed E-state index contributed by atoms with van der Waals surface area (Å²) < 4.78 is 26.8. The molecule has 7 nitrogen and oxygen atoms in total. The maximum absolute atomic E-state index is 13.8. The molecule has 0 spiro atoms. The Kier molecular flexibility index (Phi) is 9.41. The maximum Gasteiger partial charge on any atom is 0.244 e. The number of amides is 2. The topological polar surface area (TPSA) is 86.8 Å². The van der Waals surface area contributed by atoms with Crippen molar-refractivity contribution in [1.29, 1.82) is 0 Å². The van der Waals surface area contributed by atoms with Crippen molar-refractivity contribution in [1.82, 2.24) is 10.2 Å². The molecule has 9 heteroatoms. The van der Waals surface area contributed by atoms with Gasteiger partial charge in [-0.15, -0.1) is 0 Å². The van der Waals surface area contributed by atoms with Crippen LogP contribution in [0.2, 0.25) is 5.02 Å². The van der Waals surface area contributed by atoms with Gasteiger partial charge in [-0.1, -0.05) is 61.7 Å². The smallest absolute Gasteiger partial charge is 0.244 e. The van der Waals surface area contributed by atoms with Crippen LogP contribution in [-0.2, 0) is 26.2 Å². The van der Waals surface area contributed by atoms with Gasteiger partial charge in [0.2, 0.25) is 21.8 Å². The lowest BCUT2D eigenvalue weighted by Crippen LogP contribution is -2.53. The number of carbonyl (C=O) groups is 2. The molecule has 1 N–H and O–H groups in total. The Morgan fingerprint density at radius 3 is 2.39 bits per heavy atom. The first-order valence-corrected chi connectivity index (χ1v) is 14.6. The minimum atomic E-state index is -3.78. The Morgan fingerprint density at radius 1 is 1.11 bits per heavy atom. The number of nitrogens with zero attached hydrogens (tertiary/aromatic N) is 2. The molecule has 0 bridgehead atoms. The Labute approximate surface area is 219 Å². The van der Waals surface area contributed by atoms with E-state index in [1.54, 1.807) is 18.2 Å². The summed E-state index contributed by atoms with van der Waals surface area (Å²) in [6, 6.07) is 12.0. The van der Waals surface area contributed by atoms with Crippen LogP contribution < -0.4 is 9.62 Å². The molecule has 0 aliphatic heterocycles. The highest BCUT2D eigenvalue weighted by Gasteiger charge is 2.33. The molecule has 0 heterocycles. The highest BCUT2D eigenvalue weighted by atomic mass is 35.5. The van der Waals surface area contributed by atoms with Crippen LogP contribution in [0, 0.1) is 13.8 Å². The molecule has 1 atom stereocenters. The van der Waals surface area contributed by atoms with E-state index in [1.165, 1.54) is 4.90 Å². The van der Waals surface area contributed by atoms with Crippen LogP contribution in [0.3, 0.4) is 0 Å². The zero-order valence-electron chi connectivity index (χ0n) is 21.5. The summed E-state index contributed by atoms with van der Waals surface area (Å²) in [5.41, 5.74) is 2.76. The molecule has 1 aliphatic rings. The highest BCUT2D eigenvalue weighted by Crippen LogP contribution is 2.26. The van der Waals surface area contributed by atoms with E-state index < -0.39 is 28.5 Å². The van der Waals surface area contributed by atoms with Crippen LogP contribution in [0.4, 0.5) is 5.69 Å². The van der Waals surface area contributed by atoms with E-state index >= 15 is 0 Å². The van der Waals surface area contributed by atoms with E-state index in [0.717, 1.165) is 47.4 Å². The van der Waals surface area contributed by atoms with Crippen molar-refractivity contribution in [3.63, 3.8) is 0 Å². The third-order valence-corrected chi connectivity index (χ3v) is 8.19. The van der Waals surface area contributed by atoms with Gasteiger partial charge in [0.15, 0.2) is 0 Å². The van der Waals surface area contributed by atoms with Crippen LogP contribution in [0.1, 0.15) is 55.7 Å². The van der Waals surface area contributed by atoms with Crippen LogP contribution >= 0.6 is 11.6 Å². The number of sulfonamides is 1. The first kappa shape index (κ1) is 28.0. The van der Waals surface area contributed by atoms with Gasteiger partial charge in [0.1, 0.15) is 12.6 Å². The van der Waals surface area contributed by atoms with Gasteiger partial charge in [0.25, 0.3) is 0 Å². The van der Waals surface area contributed by atoms with E-state index in [9.17, 15) is 18.0 Å². The Hall–Kier alpha value is -2.58. The van der Waals surface area contributed by atoms with Crippen molar-refractivity contribution in [3.05, 3.63) is 64.2 Å². The monoisotopic (exact) mass is 533 g/mol. The Bertz CT molecular complexity index is 1200. The summed E-state index contributed by atoms with van der Waals surface area (Å²) in [5, 5.41) is 3.58. The minimum Gasteiger partial charge on any atom is -0.352 e.